The van der Waals surface area contributed by atoms with Crippen LogP contribution in [0.1, 0.15) is 43.9 Å². The van der Waals surface area contributed by atoms with Crippen LogP contribution >= 0.6 is 0 Å². The molecule has 0 aromatic heterocycles. The molecule has 4 rings (SSSR count). The van der Waals surface area contributed by atoms with Gasteiger partial charge in [-0.15, -0.1) is 0 Å². The number of ether oxygens (including phenoxy) is 2. The van der Waals surface area contributed by atoms with Gasteiger partial charge in [0.1, 0.15) is 5.75 Å². The lowest BCUT2D eigenvalue weighted by atomic mass is 10.1. The van der Waals surface area contributed by atoms with Crippen molar-refractivity contribution in [2.24, 2.45) is 0 Å². The molecule has 7 nitrogen and oxygen atoms in total. The Morgan fingerprint density at radius 2 is 1.87 bits per heavy atom. The number of rotatable bonds is 6. The van der Waals surface area contributed by atoms with E-state index in [0.717, 1.165) is 17.7 Å². The number of amides is 3. The Morgan fingerprint density at radius 3 is 2.53 bits per heavy atom. The van der Waals surface area contributed by atoms with Gasteiger partial charge in [-0.3, -0.25) is 19.3 Å². The lowest BCUT2D eigenvalue weighted by Gasteiger charge is -2.17. The number of carbonyl (C=O) groups excluding carboxylic acids is 3. The molecule has 1 fully saturated rings. The highest BCUT2D eigenvalue weighted by Gasteiger charge is 2.37. The monoisotopic (exact) mass is 416 g/mol. The number of alkyl halides is 2. The van der Waals surface area contributed by atoms with Crippen LogP contribution in [0, 0.1) is 0 Å². The molecule has 30 heavy (non-hydrogen) atoms. The highest BCUT2D eigenvalue weighted by atomic mass is 19.3. The molecule has 1 unspecified atom stereocenters. The SMILES string of the molecule is O=C(Nc1ccc(OC(F)F)cc1)c1ccc2c(c1)C(=O)N(CC1CCCO1)C2=O. The van der Waals surface area contributed by atoms with Crippen molar-refractivity contribution in [3.05, 3.63) is 59.2 Å². The summed E-state index contributed by atoms with van der Waals surface area (Å²) < 4.78 is 34.2. The standard InChI is InChI=1S/C21H18F2N2O5/c22-21(23)30-14-6-4-13(5-7-14)24-18(26)12-3-8-16-17(10-12)20(28)25(19(16)27)11-15-2-1-9-29-15/h3-8,10,15,21H,1-2,9,11H2,(H,24,26). The number of benzene rings is 2. The van der Waals surface area contributed by atoms with Crippen molar-refractivity contribution < 1.29 is 32.6 Å². The number of hydrogen-bond donors (Lipinski definition) is 1. The van der Waals surface area contributed by atoms with Crippen molar-refractivity contribution in [2.45, 2.75) is 25.6 Å². The first kappa shape index (κ1) is 20.0. The van der Waals surface area contributed by atoms with Crippen LogP contribution < -0.4 is 10.1 Å². The molecule has 0 saturated carbocycles. The van der Waals surface area contributed by atoms with Crippen LogP contribution in [0.4, 0.5) is 14.5 Å². The van der Waals surface area contributed by atoms with E-state index in [4.69, 9.17) is 4.74 Å². The molecule has 156 valence electrons. The molecule has 2 aromatic carbocycles. The molecule has 2 aliphatic rings. The minimum absolute atomic E-state index is 0.0315. The maximum Gasteiger partial charge on any atom is 0.387 e. The topological polar surface area (TPSA) is 84.9 Å². The van der Waals surface area contributed by atoms with Crippen LogP contribution in [0.2, 0.25) is 0 Å². The number of imide groups is 1. The van der Waals surface area contributed by atoms with E-state index < -0.39 is 24.3 Å². The smallest absolute Gasteiger partial charge is 0.387 e. The van der Waals surface area contributed by atoms with Gasteiger partial charge in [-0.1, -0.05) is 0 Å². The zero-order valence-electron chi connectivity index (χ0n) is 15.8. The Balaban J connectivity index is 1.46. The van der Waals surface area contributed by atoms with Gasteiger partial charge in [-0.2, -0.15) is 8.78 Å². The van der Waals surface area contributed by atoms with Crippen LogP contribution in [0.5, 0.6) is 5.75 Å². The Morgan fingerprint density at radius 1 is 1.13 bits per heavy atom. The van der Waals surface area contributed by atoms with Crippen LogP contribution in [0.15, 0.2) is 42.5 Å². The van der Waals surface area contributed by atoms with Crippen molar-refractivity contribution >= 4 is 23.4 Å². The Labute approximate surface area is 170 Å². The normalized spacial score (nSPS) is 18.1. The summed E-state index contributed by atoms with van der Waals surface area (Å²) in [5.74, 6) is -1.38. The summed E-state index contributed by atoms with van der Waals surface area (Å²) in [6.07, 6.45) is 1.53. The van der Waals surface area contributed by atoms with Gasteiger partial charge in [0.25, 0.3) is 17.7 Å². The molecule has 3 amide bonds. The van der Waals surface area contributed by atoms with Gasteiger partial charge in [0, 0.05) is 17.9 Å². The number of halogens is 2. The van der Waals surface area contributed by atoms with Crippen molar-refractivity contribution in [1.82, 2.24) is 4.90 Å². The molecule has 0 bridgehead atoms. The molecular formula is C21H18F2N2O5. The number of nitrogens with one attached hydrogen (secondary N) is 1. The third-order valence-corrected chi connectivity index (χ3v) is 4.98. The highest BCUT2D eigenvalue weighted by molar-refractivity contribution is 6.22. The second kappa shape index (κ2) is 8.19. The van der Waals surface area contributed by atoms with E-state index in [-0.39, 0.29) is 35.1 Å². The Kier molecular flexibility index (Phi) is 5.45. The van der Waals surface area contributed by atoms with Gasteiger partial charge in [0.05, 0.1) is 23.8 Å². The zero-order valence-corrected chi connectivity index (χ0v) is 15.8. The minimum atomic E-state index is -2.93. The summed E-state index contributed by atoms with van der Waals surface area (Å²) in [6, 6.07) is 9.74. The lowest BCUT2D eigenvalue weighted by molar-refractivity contribution is -0.0498. The molecule has 0 spiro atoms. The molecule has 0 aliphatic carbocycles. The van der Waals surface area contributed by atoms with Gasteiger partial charge >= 0.3 is 6.61 Å². The molecular weight excluding hydrogens is 398 g/mol. The summed E-state index contributed by atoms with van der Waals surface area (Å²) in [7, 11) is 0. The third kappa shape index (κ3) is 4.02. The fourth-order valence-corrected chi connectivity index (χ4v) is 3.51. The molecule has 9 heteroatoms. The average molecular weight is 416 g/mol. The van der Waals surface area contributed by atoms with Crippen LogP contribution in [0.3, 0.4) is 0 Å². The number of fused-ring (bicyclic) bond motifs is 1. The first-order valence-electron chi connectivity index (χ1n) is 9.40. The number of carbonyl (C=O) groups is 3. The average Bonchev–Trinajstić information content (AvgIpc) is 3.32. The summed E-state index contributed by atoms with van der Waals surface area (Å²) in [5.41, 5.74) is 0.987. The zero-order chi connectivity index (χ0) is 21.3. The summed E-state index contributed by atoms with van der Waals surface area (Å²) in [4.78, 5) is 38.9. The van der Waals surface area contributed by atoms with E-state index in [1.54, 1.807) is 0 Å². The van der Waals surface area contributed by atoms with E-state index in [9.17, 15) is 23.2 Å². The second-order valence-electron chi connectivity index (χ2n) is 6.97. The van der Waals surface area contributed by atoms with Crippen molar-refractivity contribution in [3.63, 3.8) is 0 Å². The predicted octanol–water partition coefficient (Wildman–Crippen LogP) is 3.32. The van der Waals surface area contributed by atoms with E-state index in [1.165, 1.54) is 42.5 Å². The predicted molar refractivity (Wildman–Crippen MR) is 102 cm³/mol. The van der Waals surface area contributed by atoms with E-state index in [0.29, 0.717) is 12.3 Å². The van der Waals surface area contributed by atoms with Gasteiger partial charge in [0.15, 0.2) is 0 Å². The molecule has 1 N–H and O–H groups in total. The largest absolute Gasteiger partial charge is 0.435 e. The third-order valence-electron chi connectivity index (χ3n) is 4.98. The van der Waals surface area contributed by atoms with Crippen LogP contribution in [-0.4, -0.2) is 48.5 Å². The first-order chi connectivity index (χ1) is 14.4. The van der Waals surface area contributed by atoms with E-state index >= 15 is 0 Å². The number of hydrogen-bond acceptors (Lipinski definition) is 5. The molecule has 2 aromatic rings. The number of anilines is 1. The van der Waals surface area contributed by atoms with E-state index in [1.807, 2.05) is 0 Å². The molecule has 1 atom stereocenters. The first-order valence-corrected chi connectivity index (χ1v) is 9.40. The maximum atomic E-state index is 12.7. The Bertz CT molecular complexity index is 987. The maximum absolute atomic E-state index is 12.7. The fourth-order valence-electron chi connectivity index (χ4n) is 3.51. The van der Waals surface area contributed by atoms with Crippen molar-refractivity contribution in [2.75, 3.05) is 18.5 Å². The summed E-state index contributed by atoms with van der Waals surface area (Å²) in [6.45, 7) is -2.12. The van der Waals surface area contributed by atoms with Crippen molar-refractivity contribution in [1.29, 1.82) is 0 Å². The molecule has 0 radical (unpaired) electrons. The van der Waals surface area contributed by atoms with Gasteiger partial charge in [-0.25, -0.2) is 0 Å². The van der Waals surface area contributed by atoms with E-state index in [2.05, 4.69) is 10.1 Å². The van der Waals surface area contributed by atoms with Crippen LogP contribution in [-0.2, 0) is 4.74 Å². The fraction of sp³-hybridized carbons (Fsp3) is 0.286. The summed E-state index contributed by atoms with van der Waals surface area (Å²) >= 11 is 0. The lowest BCUT2D eigenvalue weighted by Crippen LogP contribution is -2.36. The van der Waals surface area contributed by atoms with Crippen molar-refractivity contribution in [3.8, 4) is 5.75 Å². The molecule has 2 heterocycles. The summed E-state index contributed by atoms with van der Waals surface area (Å²) in [5, 5.41) is 2.61. The van der Waals surface area contributed by atoms with Crippen LogP contribution in [0.25, 0.3) is 0 Å². The highest BCUT2D eigenvalue weighted by Crippen LogP contribution is 2.26. The quantitative estimate of drug-likeness (QED) is 0.731. The number of nitrogens with zero attached hydrogens (tertiary/aromatic N) is 1. The minimum Gasteiger partial charge on any atom is -0.435 e. The second-order valence-corrected chi connectivity index (χ2v) is 6.97. The Hall–Kier alpha value is -3.33. The molecule has 2 aliphatic heterocycles. The van der Waals surface area contributed by atoms with Gasteiger partial charge in [-0.05, 0) is 55.3 Å². The molecule has 1 saturated heterocycles. The van der Waals surface area contributed by atoms with Gasteiger partial charge in [0.2, 0.25) is 0 Å². The van der Waals surface area contributed by atoms with Gasteiger partial charge < -0.3 is 14.8 Å².